The van der Waals surface area contributed by atoms with Crippen molar-refractivity contribution in [2.45, 2.75) is 6.92 Å². The van der Waals surface area contributed by atoms with E-state index in [-0.39, 0.29) is 17.4 Å². The van der Waals surface area contributed by atoms with E-state index >= 15 is 0 Å². The normalized spacial score (nSPS) is 10.3. The Morgan fingerprint density at radius 2 is 1.88 bits per heavy atom. The molecule has 0 aliphatic heterocycles. The molecule has 0 unspecified atom stereocenters. The Bertz CT molecular complexity index is 750. The highest BCUT2D eigenvalue weighted by atomic mass is 35.5. The lowest BCUT2D eigenvalue weighted by Gasteiger charge is -2.09. The molecule has 0 spiro atoms. The van der Waals surface area contributed by atoms with Gasteiger partial charge in [-0.1, -0.05) is 17.7 Å². The fourth-order valence-electron chi connectivity index (χ4n) is 1.98. The Labute approximate surface area is 145 Å². The summed E-state index contributed by atoms with van der Waals surface area (Å²) in [5.74, 6) is -0.674. The highest BCUT2D eigenvalue weighted by Crippen LogP contribution is 2.20. The number of benzene rings is 1. The topological polar surface area (TPSA) is 80.3 Å². The maximum Gasteiger partial charge on any atom is 0.257 e. The van der Waals surface area contributed by atoms with Crippen molar-refractivity contribution in [1.29, 1.82) is 0 Å². The molecule has 0 saturated heterocycles. The summed E-state index contributed by atoms with van der Waals surface area (Å²) < 4.78 is 4.87. The van der Waals surface area contributed by atoms with Crippen molar-refractivity contribution in [3.05, 3.63) is 58.4 Å². The van der Waals surface area contributed by atoms with Gasteiger partial charge in [0.1, 0.15) is 0 Å². The number of nitrogens with zero attached hydrogens (tertiary/aromatic N) is 1. The third-order valence-corrected chi connectivity index (χ3v) is 3.54. The summed E-state index contributed by atoms with van der Waals surface area (Å²) >= 11 is 5.95. The minimum absolute atomic E-state index is 0.286. The number of carbonyl (C=O) groups excluding carboxylic acids is 2. The van der Waals surface area contributed by atoms with Crippen LogP contribution < -0.4 is 10.6 Å². The molecule has 1 aromatic carbocycles. The second kappa shape index (κ2) is 8.42. The highest BCUT2D eigenvalue weighted by molar-refractivity contribution is 6.31. The van der Waals surface area contributed by atoms with Gasteiger partial charge in [0.2, 0.25) is 0 Å². The zero-order valence-electron chi connectivity index (χ0n) is 13.4. The molecule has 0 aliphatic carbocycles. The predicted octanol–water partition coefficient (Wildman–Crippen LogP) is 2.67. The lowest BCUT2D eigenvalue weighted by molar-refractivity contribution is 0.0936. The predicted molar refractivity (Wildman–Crippen MR) is 92.6 cm³/mol. The zero-order valence-corrected chi connectivity index (χ0v) is 14.2. The van der Waals surface area contributed by atoms with E-state index in [1.165, 1.54) is 18.5 Å². The molecule has 0 atom stereocenters. The van der Waals surface area contributed by atoms with Crippen LogP contribution in [0.2, 0.25) is 5.02 Å². The fraction of sp³-hybridized carbons (Fsp3) is 0.235. The third kappa shape index (κ3) is 4.78. The van der Waals surface area contributed by atoms with Crippen LogP contribution in [-0.4, -0.2) is 37.1 Å². The third-order valence-electron chi connectivity index (χ3n) is 3.30. The first-order chi connectivity index (χ1) is 11.5. The molecule has 0 aliphatic rings. The van der Waals surface area contributed by atoms with Crippen LogP contribution in [0.25, 0.3) is 0 Å². The number of amides is 2. The Morgan fingerprint density at radius 1 is 1.17 bits per heavy atom. The lowest BCUT2D eigenvalue weighted by atomic mass is 10.1. The molecule has 6 nitrogen and oxygen atoms in total. The van der Waals surface area contributed by atoms with Gasteiger partial charge in [0.25, 0.3) is 11.8 Å². The largest absolute Gasteiger partial charge is 0.383 e. The minimum atomic E-state index is -0.362. The van der Waals surface area contributed by atoms with Gasteiger partial charge in [0, 0.05) is 36.8 Å². The number of nitrogens with one attached hydrogen (secondary N) is 2. The molecule has 0 fully saturated rings. The van der Waals surface area contributed by atoms with Crippen LogP contribution in [0.15, 0.2) is 36.7 Å². The molecular weight excluding hydrogens is 330 g/mol. The number of hydrogen-bond donors (Lipinski definition) is 2. The van der Waals surface area contributed by atoms with Gasteiger partial charge in [-0.05, 0) is 30.7 Å². The summed E-state index contributed by atoms with van der Waals surface area (Å²) in [6.07, 6.45) is 2.81. The monoisotopic (exact) mass is 347 g/mol. The lowest BCUT2D eigenvalue weighted by Crippen LogP contribution is -2.27. The summed E-state index contributed by atoms with van der Waals surface area (Å²) in [6, 6.07) is 6.73. The molecule has 1 aromatic heterocycles. The number of methoxy groups -OCH3 is 1. The van der Waals surface area contributed by atoms with Crippen LogP contribution >= 0.6 is 11.6 Å². The molecule has 0 saturated carbocycles. The first kappa shape index (κ1) is 17.9. The van der Waals surface area contributed by atoms with Gasteiger partial charge in [0.15, 0.2) is 0 Å². The van der Waals surface area contributed by atoms with E-state index in [2.05, 4.69) is 15.6 Å². The molecule has 2 N–H and O–H groups in total. The van der Waals surface area contributed by atoms with Crippen molar-refractivity contribution in [2.75, 3.05) is 25.6 Å². The first-order valence-electron chi connectivity index (χ1n) is 7.31. The number of carbonyl (C=O) groups is 2. The van der Waals surface area contributed by atoms with Crippen molar-refractivity contribution in [1.82, 2.24) is 10.3 Å². The van der Waals surface area contributed by atoms with Gasteiger partial charge in [-0.2, -0.15) is 0 Å². The summed E-state index contributed by atoms with van der Waals surface area (Å²) in [4.78, 5) is 28.3. The summed E-state index contributed by atoms with van der Waals surface area (Å²) in [5.41, 5.74) is 2.09. The Morgan fingerprint density at radius 3 is 2.58 bits per heavy atom. The number of halogens is 1. The van der Waals surface area contributed by atoms with Crippen molar-refractivity contribution in [2.24, 2.45) is 0 Å². The van der Waals surface area contributed by atoms with Gasteiger partial charge in [-0.25, -0.2) is 0 Å². The highest BCUT2D eigenvalue weighted by Gasteiger charge is 2.12. The van der Waals surface area contributed by atoms with Crippen molar-refractivity contribution in [3.63, 3.8) is 0 Å². The van der Waals surface area contributed by atoms with Gasteiger partial charge >= 0.3 is 0 Å². The SMILES string of the molecule is COCCNC(=O)c1cncc(C(=O)Nc2cc(Cl)ccc2C)c1. The molecule has 0 radical (unpaired) electrons. The van der Waals surface area contributed by atoms with E-state index in [0.717, 1.165) is 5.56 Å². The molecular formula is C17H18ClN3O3. The molecule has 24 heavy (non-hydrogen) atoms. The number of hydrogen-bond acceptors (Lipinski definition) is 4. The Balaban J connectivity index is 2.11. The number of ether oxygens (including phenoxy) is 1. The summed E-state index contributed by atoms with van der Waals surface area (Å²) in [7, 11) is 1.55. The van der Waals surface area contributed by atoms with Crippen LogP contribution in [0.5, 0.6) is 0 Å². The summed E-state index contributed by atoms with van der Waals surface area (Å²) in [6.45, 7) is 2.66. The van der Waals surface area contributed by atoms with Gasteiger partial charge in [-0.3, -0.25) is 14.6 Å². The number of aryl methyl sites for hydroxylation is 1. The second-order valence-corrected chi connectivity index (χ2v) is 5.56. The number of aromatic nitrogens is 1. The molecule has 2 aromatic rings. The Hall–Kier alpha value is -2.44. The molecule has 1 heterocycles. The zero-order chi connectivity index (χ0) is 17.5. The van der Waals surface area contributed by atoms with Crippen molar-refractivity contribution in [3.8, 4) is 0 Å². The first-order valence-corrected chi connectivity index (χ1v) is 7.68. The average Bonchev–Trinajstić information content (AvgIpc) is 2.58. The van der Waals surface area contributed by atoms with Crippen LogP contribution in [-0.2, 0) is 4.74 Å². The van der Waals surface area contributed by atoms with E-state index < -0.39 is 0 Å². The average molecular weight is 348 g/mol. The number of anilines is 1. The molecule has 2 amide bonds. The van der Waals surface area contributed by atoms with E-state index in [9.17, 15) is 9.59 Å². The summed E-state index contributed by atoms with van der Waals surface area (Å²) in [5, 5.41) is 5.98. The molecule has 7 heteroatoms. The second-order valence-electron chi connectivity index (χ2n) is 5.12. The van der Waals surface area contributed by atoms with Crippen molar-refractivity contribution < 1.29 is 14.3 Å². The molecule has 0 bridgehead atoms. The van der Waals surface area contributed by atoms with Crippen LogP contribution in [0, 0.1) is 6.92 Å². The van der Waals surface area contributed by atoms with E-state index in [0.29, 0.717) is 29.4 Å². The van der Waals surface area contributed by atoms with Gasteiger partial charge in [0.05, 0.1) is 17.7 Å². The quantitative estimate of drug-likeness (QED) is 0.787. The number of rotatable bonds is 6. The van der Waals surface area contributed by atoms with Crippen LogP contribution in [0.4, 0.5) is 5.69 Å². The van der Waals surface area contributed by atoms with E-state index in [1.807, 2.05) is 13.0 Å². The van der Waals surface area contributed by atoms with E-state index in [4.69, 9.17) is 16.3 Å². The molecule has 126 valence electrons. The number of pyridine rings is 1. The fourth-order valence-corrected chi connectivity index (χ4v) is 2.15. The van der Waals surface area contributed by atoms with Crippen LogP contribution in [0.3, 0.4) is 0 Å². The van der Waals surface area contributed by atoms with Gasteiger partial charge < -0.3 is 15.4 Å². The standard InChI is InChI=1S/C17H18ClN3O3/c1-11-3-4-14(18)8-15(11)21-17(23)13-7-12(9-19-10-13)16(22)20-5-6-24-2/h3-4,7-10H,5-6H2,1-2H3,(H,20,22)(H,21,23). The van der Waals surface area contributed by atoms with Gasteiger partial charge in [-0.15, -0.1) is 0 Å². The maximum absolute atomic E-state index is 12.4. The molecule has 2 rings (SSSR count). The maximum atomic E-state index is 12.4. The minimum Gasteiger partial charge on any atom is -0.383 e. The van der Waals surface area contributed by atoms with Crippen molar-refractivity contribution >= 4 is 29.1 Å². The van der Waals surface area contributed by atoms with Crippen LogP contribution in [0.1, 0.15) is 26.3 Å². The smallest absolute Gasteiger partial charge is 0.257 e. The Kier molecular flexibility index (Phi) is 6.28. The van der Waals surface area contributed by atoms with E-state index in [1.54, 1.807) is 19.2 Å².